The minimum absolute atomic E-state index is 0.364. The summed E-state index contributed by atoms with van der Waals surface area (Å²) in [6, 6.07) is 29.1. The number of benzene rings is 3. The Morgan fingerprint density at radius 2 is 1.25 bits per heavy atom. The Morgan fingerprint density at radius 1 is 0.778 bits per heavy atom. The van der Waals surface area contributed by atoms with Gasteiger partial charge in [-0.3, -0.25) is 14.3 Å². The summed E-state index contributed by atoms with van der Waals surface area (Å²) in [5.74, 6) is 0. The summed E-state index contributed by atoms with van der Waals surface area (Å²) in [5.41, 5.74) is -1.32. The molecule has 36 heavy (non-hydrogen) atoms. The highest BCUT2D eigenvalue weighted by atomic mass is 28.3. The van der Waals surface area contributed by atoms with Gasteiger partial charge in [0.25, 0.3) is 5.56 Å². The molecule has 1 aromatic heterocycles. The molecule has 184 valence electrons. The third-order valence-corrected chi connectivity index (χ3v) is 11.5. The Bertz CT molecular complexity index is 1350. The van der Waals surface area contributed by atoms with Crippen LogP contribution in [0.25, 0.3) is 0 Å². The Kier molecular flexibility index (Phi) is 6.57. The van der Waals surface area contributed by atoms with Crippen LogP contribution in [0.5, 0.6) is 0 Å². The number of aromatic amines is 1. The Balaban J connectivity index is 1.85. The van der Waals surface area contributed by atoms with Gasteiger partial charge in [-0.25, -0.2) is 4.79 Å². The van der Waals surface area contributed by atoms with Gasteiger partial charge in [-0.2, -0.15) is 0 Å². The van der Waals surface area contributed by atoms with Crippen LogP contribution in [0.15, 0.2) is 107 Å². The standard InChI is InChI=1S/C27H26N2O6Si/c30-17-21-23(31)24(32)26(35-21)29-16-22(25(33)28-27(29)34)36(18-10-4-1-5-11-18,19-12-6-2-7-13-19)20-14-8-3-9-15-20/h1-16,21,23-24,26,30-32H,17H2,(H,28,33,34)/t21-,23-,24-,26-/m1/s1. The van der Waals surface area contributed by atoms with Gasteiger partial charge in [0.2, 0.25) is 0 Å². The number of H-pyrrole nitrogens is 1. The van der Waals surface area contributed by atoms with Crippen molar-refractivity contribution in [3.05, 3.63) is 118 Å². The van der Waals surface area contributed by atoms with Gasteiger partial charge in [0.05, 0.1) is 6.61 Å². The van der Waals surface area contributed by atoms with E-state index in [9.17, 15) is 24.9 Å². The lowest BCUT2D eigenvalue weighted by atomic mass is 10.1. The molecule has 5 rings (SSSR count). The van der Waals surface area contributed by atoms with Gasteiger partial charge in [-0.1, -0.05) is 91.0 Å². The first-order valence-corrected chi connectivity index (χ1v) is 13.6. The number of rotatable bonds is 6. The fraction of sp³-hybridized carbons (Fsp3) is 0.185. The van der Waals surface area contributed by atoms with Crippen molar-refractivity contribution < 1.29 is 20.1 Å². The van der Waals surface area contributed by atoms with Crippen molar-refractivity contribution in [3.63, 3.8) is 0 Å². The van der Waals surface area contributed by atoms with Crippen LogP contribution in [-0.2, 0) is 4.74 Å². The number of nitrogens with zero attached hydrogens (tertiary/aromatic N) is 1. The number of ether oxygens (including phenoxy) is 1. The summed E-state index contributed by atoms with van der Waals surface area (Å²) in [6.45, 7) is -0.531. The van der Waals surface area contributed by atoms with Crippen LogP contribution in [0, 0.1) is 0 Å². The molecule has 1 aliphatic rings. The van der Waals surface area contributed by atoms with E-state index in [4.69, 9.17) is 4.74 Å². The first-order valence-electron chi connectivity index (χ1n) is 11.6. The smallest absolute Gasteiger partial charge is 0.330 e. The Hall–Kier alpha value is -3.60. The molecule has 8 nitrogen and oxygen atoms in total. The van der Waals surface area contributed by atoms with E-state index >= 15 is 0 Å². The molecule has 0 saturated carbocycles. The molecule has 2 heterocycles. The molecular weight excluding hydrogens is 476 g/mol. The van der Waals surface area contributed by atoms with Crippen LogP contribution in [0.2, 0.25) is 0 Å². The van der Waals surface area contributed by atoms with Crippen molar-refractivity contribution in [2.75, 3.05) is 6.61 Å². The lowest BCUT2D eigenvalue weighted by Gasteiger charge is -2.34. The van der Waals surface area contributed by atoms with Crippen molar-refractivity contribution in [1.82, 2.24) is 9.55 Å². The van der Waals surface area contributed by atoms with Crippen LogP contribution >= 0.6 is 0 Å². The second kappa shape index (κ2) is 9.80. The molecule has 0 unspecified atom stereocenters. The molecule has 0 aliphatic carbocycles. The van der Waals surface area contributed by atoms with E-state index in [0.29, 0.717) is 5.19 Å². The van der Waals surface area contributed by atoms with E-state index in [2.05, 4.69) is 4.98 Å². The Labute approximate surface area is 207 Å². The molecule has 4 aromatic rings. The van der Waals surface area contributed by atoms with E-state index < -0.39 is 50.5 Å². The highest BCUT2D eigenvalue weighted by Crippen LogP contribution is 2.27. The minimum Gasteiger partial charge on any atom is -0.394 e. The Morgan fingerprint density at radius 3 is 1.67 bits per heavy atom. The van der Waals surface area contributed by atoms with E-state index in [0.717, 1.165) is 20.1 Å². The topological polar surface area (TPSA) is 125 Å². The van der Waals surface area contributed by atoms with Crippen LogP contribution in [0.3, 0.4) is 0 Å². The van der Waals surface area contributed by atoms with Crippen LogP contribution < -0.4 is 32.0 Å². The van der Waals surface area contributed by atoms with Crippen LogP contribution in [0.4, 0.5) is 0 Å². The summed E-state index contributed by atoms with van der Waals surface area (Å²) in [6.07, 6.45) is -3.76. The summed E-state index contributed by atoms with van der Waals surface area (Å²) in [4.78, 5) is 29.0. The lowest BCUT2D eigenvalue weighted by Crippen LogP contribution is -2.78. The number of hydrogen-bond acceptors (Lipinski definition) is 6. The van der Waals surface area contributed by atoms with Crippen molar-refractivity contribution >= 4 is 28.8 Å². The molecule has 4 N–H and O–H groups in total. The van der Waals surface area contributed by atoms with Gasteiger partial charge in [0.15, 0.2) is 14.3 Å². The lowest BCUT2D eigenvalue weighted by molar-refractivity contribution is -0.0549. The van der Waals surface area contributed by atoms with Crippen LogP contribution in [-0.4, -0.2) is 57.9 Å². The van der Waals surface area contributed by atoms with E-state index in [1.54, 1.807) is 0 Å². The molecule has 3 aromatic carbocycles. The van der Waals surface area contributed by atoms with Crippen molar-refractivity contribution in [2.45, 2.75) is 24.5 Å². The average molecular weight is 503 g/mol. The largest absolute Gasteiger partial charge is 0.394 e. The maximum Gasteiger partial charge on any atom is 0.330 e. The summed E-state index contributed by atoms with van der Waals surface area (Å²) in [5, 5.41) is 33.6. The summed E-state index contributed by atoms with van der Waals surface area (Å²) < 4.78 is 6.74. The fourth-order valence-electron chi connectivity index (χ4n) is 5.08. The summed E-state index contributed by atoms with van der Waals surface area (Å²) >= 11 is 0. The van der Waals surface area contributed by atoms with Crippen molar-refractivity contribution in [2.24, 2.45) is 0 Å². The zero-order valence-corrected chi connectivity index (χ0v) is 20.3. The van der Waals surface area contributed by atoms with Gasteiger partial charge in [-0.05, 0) is 15.6 Å². The van der Waals surface area contributed by atoms with Gasteiger partial charge < -0.3 is 20.1 Å². The molecule has 0 bridgehead atoms. The molecule has 1 aliphatic heterocycles. The second-order valence-electron chi connectivity index (χ2n) is 8.79. The maximum absolute atomic E-state index is 13.6. The zero-order valence-electron chi connectivity index (χ0n) is 19.3. The number of nitrogens with one attached hydrogen (secondary N) is 1. The normalized spacial score (nSPS) is 22.0. The van der Waals surface area contributed by atoms with E-state index in [1.165, 1.54) is 6.20 Å². The molecule has 0 spiro atoms. The van der Waals surface area contributed by atoms with E-state index in [-0.39, 0.29) is 0 Å². The molecule has 9 heteroatoms. The molecular formula is C27H26N2O6Si. The van der Waals surface area contributed by atoms with E-state index in [1.807, 2.05) is 91.0 Å². The minimum atomic E-state index is -3.27. The molecule has 4 atom stereocenters. The number of aromatic nitrogens is 2. The predicted molar refractivity (Wildman–Crippen MR) is 138 cm³/mol. The molecule has 1 fully saturated rings. The second-order valence-corrected chi connectivity index (χ2v) is 12.6. The van der Waals surface area contributed by atoms with Crippen LogP contribution in [0.1, 0.15) is 6.23 Å². The maximum atomic E-state index is 13.6. The number of hydrogen-bond donors (Lipinski definition) is 4. The quantitative estimate of drug-likeness (QED) is 0.188. The predicted octanol–water partition coefficient (Wildman–Crippen LogP) is -1.47. The zero-order chi connectivity index (χ0) is 25.3. The average Bonchev–Trinajstić information content (AvgIpc) is 3.20. The molecule has 0 radical (unpaired) electrons. The van der Waals surface area contributed by atoms with Crippen molar-refractivity contribution in [1.29, 1.82) is 0 Å². The van der Waals surface area contributed by atoms with Gasteiger partial charge in [-0.15, -0.1) is 0 Å². The fourth-order valence-corrected chi connectivity index (χ4v) is 9.83. The third-order valence-electron chi connectivity index (χ3n) is 6.78. The highest BCUT2D eigenvalue weighted by Gasteiger charge is 2.47. The molecule has 0 amide bonds. The monoisotopic (exact) mass is 502 g/mol. The van der Waals surface area contributed by atoms with Crippen molar-refractivity contribution in [3.8, 4) is 0 Å². The number of aliphatic hydroxyl groups is 3. The summed E-state index contributed by atoms with van der Waals surface area (Å²) in [7, 11) is -3.27. The van der Waals surface area contributed by atoms with Gasteiger partial charge >= 0.3 is 5.69 Å². The van der Waals surface area contributed by atoms with Gasteiger partial charge in [0.1, 0.15) is 18.3 Å². The number of aliphatic hydroxyl groups excluding tert-OH is 3. The third kappa shape index (κ3) is 3.87. The molecule has 1 saturated heterocycles. The SMILES string of the molecule is O=c1[nH]c(=O)n([C@@H]2O[C@H](CO)[C@@H](O)[C@H]2O)cc1[Si](c1ccccc1)(c1ccccc1)c1ccccc1. The van der Waals surface area contributed by atoms with Gasteiger partial charge in [0, 0.05) is 11.4 Å². The first-order chi connectivity index (χ1) is 17.5. The first kappa shape index (κ1) is 24.1. The highest BCUT2D eigenvalue weighted by molar-refractivity contribution is 7.19.